The summed E-state index contributed by atoms with van der Waals surface area (Å²) in [5.74, 6) is 1.53. The zero-order chi connectivity index (χ0) is 26.2. The fraction of sp³-hybridized carbons (Fsp3) is 0.320. The van der Waals surface area contributed by atoms with Gasteiger partial charge in [0.1, 0.15) is 39.5 Å². The summed E-state index contributed by atoms with van der Waals surface area (Å²) in [4.78, 5) is 25.2. The number of aromatic nitrogens is 2. The maximum absolute atomic E-state index is 13.0. The molecule has 0 aliphatic carbocycles. The normalized spacial score (nSPS) is 10.8. The number of hydrogen-bond acceptors (Lipinski definition) is 7. The Balaban J connectivity index is 1.77. The quantitative estimate of drug-likeness (QED) is 0.328. The van der Waals surface area contributed by atoms with Crippen molar-refractivity contribution in [3.05, 3.63) is 58.3 Å². The smallest absolute Gasteiger partial charge is 0.327 e. The molecule has 192 valence electrons. The van der Waals surface area contributed by atoms with Gasteiger partial charge in [0.15, 0.2) is 0 Å². The Morgan fingerprint density at radius 1 is 1.00 bits per heavy atom. The van der Waals surface area contributed by atoms with Gasteiger partial charge in [0.2, 0.25) is 0 Å². The van der Waals surface area contributed by atoms with Crippen molar-refractivity contribution in [1.29, 1.82) is 0 Å². The number of methoxy groups -OCH3 is 2. The van der Waals surface area contributed by atoms with E-state index in [9.17, 15) is 4.79 Å². The van der Waals surface area contributed by atoms with Gasteiger partial charge < -0.3 is 20.1 Å². The summed E-state index contributed by atoms with van der Waals surface area (Å²) in [5.41, 5.74) is 2.25. The van der Waals surface area contributed by atoms with E-state index in [-0.39, 0.29) is 15.7 Å². The second-order valence-corrected chi connectivity index (χ2v) is 8.58. The number of carbonyl (C=O) groups excluding carboxylic acids is 1. The maximum atomic E-state index is 13.0. The van der Waals surface area contributed by atoms with Crippen molar-refractivity contribution in [2.45, 2.75) is 20.4 Å². The van der Waals surface area contributed by atoms with Crippen LogP contribution in [-0.4, -0.2) is 55.3 Å². The number of nitrogens with zero attached hydrogens (tertiary/aromatic N) is 4. The number of amides is 2. The van der Waals surface area contributed by atoms with Gasteiger partial charge in [-0.2, -0.15) is 0 Å². The molecule has 0 atom stereocenters. The van der Waals surface area contributed by atoms with Crippen LogP contribution in [0.2, 0.25) is 10.0 Å². The molecule has 3 rings (SSSR count). The molecule has 0 saturated carbocycles. The molecule has 9 nitrogen and oxygen atoms in total. The lowest BCUT2D eigenvalue weighted by Gasteiger charge is -2.20. The molecule has 0 aliphatic heterocycles. The van der Waals surface area contributed by atoms with E-state index < -0.39 is 6.03 Å². The largest absolute Gasteiger partial charge is 0.495 e. The Hall–Kier alpha value is -3.27. The van der Waals surface area contributed by atoms with E-state index in [0.717, 1.165) is 25.3 Å². The van der Waals surface area contributed by atoms with Crippen LogP contribution in [0.1, 0.15) is 19.4 Å². The summed E-state index contributed by atoms with van der Waals surface area (Å²) in [6.45, 7) is 7.12. The topological polar surface area (TPSA) is 91.9 Å². The Labute approximate surface area is 221 Å². The zero-order valence-electron chi connectivity index (χ0n) is 20.9. The molecular formula is C25H30Cl2N6O3. The van der Waals surface area contributed by atoms with E-state index in [1.54, 1.807) is 19.2 Å². The first-order valence-electron chi connectivity index (χ1n) is 11.4. The molecule has 2 amide bonds. The fourth-order valence-corrected chi connectivity index (χ4v) is 4.08. The van der Waals surface area contributed by atoms with Crippen molar-refractivity contribution in [2.24, 2.45) is 0 Å². The first-order valence-corrected chi connectivity index (χ1v) is 12.1. The molecule has 0 radical (unpaired) electrons. The van der Waals surface area contributed by atoms with E-state index in [2.05, 4.69) is 51.5 Å². The van der Waals surface area contributed by atoms with E-state index in [1.807, 2.05) is 12.1 Å². The molecule has 0 unspecified atom stereocenters. The molecule has 0 fully saturated rings. The summed E-state index contributed by atoms with van der Waals surface area (Å²) in [6.07, 6.45) is 1.38. The van der Waals surface area contributed by atoms with Gasteiger partial charge in [0, 0.05) is 31.4 Å². The SMILES string of the molecule is CCN(CC)Cc1cccc(Nc2cc(N(C)C(=O)Nc3c(Cl)c(OC)cc(OC)c3Cl)ncn2)c1. The minimum absolute atomic E-state index is 0.152. The number of ether oxygens (including phenoxy) is 2. The molecule has 0 bridgehead atoms. The van der Waals surface area contributed by atoms with Gasteiger partial charge in [-0.1, -0.05) is 49.2 Å². The molecule has 0 spiro atoms. The number of urea groups is 1. The minimum Gasteiger partial charge on any atom is -0.495 e. The second-order valence-electron chi connectivity index (χ2n) is 7.82. The van der Waals surface area contributed by atoms with Gasteiger partial charge in [-0.05, 0) is 30.8 Å². The third-order valence-electron chi connectivity index (χ3n) is 5.61. The van der Waals surface area contributed by atoms with Crippen molar-refractivity contribution in [1.82, 2.24) is 14.9 Å². The standard InChI is InChI=1S/C25H30Cl2N6O3/c1-6-33(7-2)14-16-9-8-10-17(11-16)30-20-13-21(29-15-28-20)32(3)25(34)31-24-22(26)18(35-4)12-19(36-5)23(24)27/h8-13,15H,6-7,14H2,1-5H3,(H,31,34)(H,28,29,30). The van der Waals surface area contributed by atoms with Crippen LogP contribution in [0.5, 0.6) is 11.5 Å². The maximum Gasteiger partial charge on any atom is 0.327 e. The number of halogens is 2. The van der Waals surface area contributed by atoms with Crippen molar-refractivity contribution < 1.29 is 14.3 Å². The highest BCUT2D eigenvalue weighted by molar-refractivity contribution is 6.41. The average Bonchev–Trinajstić information content (AvgIpc) is 2.89. The van der Waals surface area contributed by atoms with Crippen LogP contribution in [0, 0.1) is 0 Å². The Kier molecular flexibility index (Phi) is 9.58. The zero-order valence-corrected chi connectivity index (χ0v) is 22.4. The van der Waals surface area contributed by atoms with Crippen LogP contribution in [0.3, 0.4) is 0 Å². The van der Waals surface area contributed by atoms with Gasteiger partial charge in [0.25, 0.3) is 0 Å². The molecule has 11 heteroatoms. The van der Waals surface area contributed by atoms with Gasteiger partial charge in [-0.3, -0.25) is 9.80 Å². The average molecular weight is 533 g/mol. The third-order valence-corrected chi connectivity index (χ3v) is 6.36. The van der Waals surface area contributed by atoms with E-state index in [0.29, 0.717) is 23.1 Å². The Morgan fingerprint density at radius 2 is 1.67 bits per heavy atom. The van der Waals surface area contributed by atoms with Crippen LogP contribution in [0.4, 0.5) is 27.8 Å². The molecule has 1 heterocycles. The molecule has 0 saturated heterocycles. The van der Waals surface area contributed by atoms with Gasteiger partial charge in [-0.25, -0.2) is 14.8 Å². The van der Waals surface area contributed by atoms with Crippen LogP contribution in [0.15, 0.2) is 42.7 Å². The van der Waals surface area contributed by atoms with Crippen LogP contribution < -0.4 is 25.0 Å². The summed E-state index contributed by atoms with van der Waals surface area (Å²) in [6, 6.07) is 10.8. The van der Waals surface area contributed by atoms with Crippen molar-refractivity contribution >= 4 is 52.2 Å². The summed E-state index contributed by atoms with van der Waals surface area (Å²) in [5, 5.41) is 6.30. The number of hydrogen-bond donors (Lipinski definition) is 2. The molecule has 36 heavy (non-hydrogen) atoms. The highest BCUT2D eigenvalue weighted by atomic mass is 35.5. The molecule has 3 aromatic rings. The summed E-state index contributed by atoms with van der Waals surface area (Å²) >= 11 is 12.8. The second kappa shape index (κ2) is 12.6. The van der Waals surface area contributed by atoms with Gasteiger partial charge >= 0.3 is 6.03 Å². The monoisotopic (exact) mass is 532 g/mol. The van der Waals surface area contributed by atoms with Crippen LogP contribution in [-0.2, 0) is 6.54 Å². The predicted molar refractivity (Wildman–Crippen MR) is 145 cm³/mol. The number of carbonyl (C=O) groups is 1. The number of anilines is 4. The molecule has 1 aromatic heterocycles. The summed E-state index contributed by atoms with van der Waals surface area (Å²) in [7, 11) is 4.49. The highest BCUT2D eigenvalue weighted by Crippen LogP contribution is 2.44. The molecular weight excluding hydrogens is 503 g/mol. The van der Waals surface area contributed by atoms with E-state index in [1.165, 1.54) is 31.0 Å². The molecule has 2 N–H and O–H groups in total. The first kappa shape index (κ1) is 27.3. The summed E-state index contributed by atoms with van der Waals surface area (Å²) < 4.78 is 10.5. The lowest BCUT2D eigenvalue weighted by molar-refractivity contribution is 0.258. The fourth-order valence-electron chi connectivity index (χ4n) is 3.49. The number of rotatable bonds is 10. The van der Waals surface area contributed by atoms with Crippen molar-refractivity contribution in [3.8, 4) is 11.5 Å². The van der Waals surface area contributed by atoms with Gasteiger partial charge in [-0.15, -0.1) is 0 Å². The lowest BCUT2D eigenvalue weighted by Crippen LogP contribution is -2.32. The first-order chi connectivity index (χ1) is 17.3. The molecule has 0 aliphatic rings. The molecule has 2 aromatic carbocycles. The highest BCUT2D eigenvalue weighted by Gasteiger charge is 2.21. The van der Waals surface area contributed by atoms with Crippen molar-refractivity contribution in [3.63, 3.8) is 0 Å². The van der Waals surface area contributed by atoms with Crippen molar-refractivity contribution in [2.75, 3.05) is 49.9 Å². The number of benzene rings is 2. The van der Waals surface area contributed by atoms with Crippen LogP contribution in [0.25, 0.3) is 0 Å². The van der Waals surface area contributed by atoms with Crippen LogP contribution >= 0.6 is 23.2 Å². The van der Waals surface area contributed by atoms with E-state index in [4.69, 9.17) is 32.7 Å². The van der Waals surface area contributed by atoms with Gasteiger partial charge in [0.05, 0.1) is 19.9 Å². The number of nitrogens with one attached hydrogen (secondary N) is 2. The third kappa shape index (κ3) is 6.48. The Bertz CT molecular complexity index is 1180. The predicted octanol–water partition coefficient (Wildman–Crippen LogP) is 6.05. The Morgan fingerprint density at radius 3 is 2.28 bits per heavy atom. The lowest BCUT2D eigenvalue weighted by atomic mass is 10.2. The minimum atomic E-state index is -0.514. The van der Waals surface area contributed by atoms with E-state index >= 15 is 0 Å².